The van der Waals surface area contributed by atoms with Gasteiger partial charge in [0.25, 0.3) is 11.5 Å². The highest BCUT2D eigenvalue weighted by Crippen LogP contribution is 2.04. The van der Waals surface area contributed by atoms with Crippen LogP contribution in [0.3, 0.4) is 0 Å². The van der Waals surface area contributed by atoms with Gasteiger partial charge in [0.15, 0.2) is 5.88 Å². The Morgan fingerprint density at radius 2 is 2.15 bits per heavy atom. The van der Waals surface area contributed by atoms with E-state index in [9.17, 15) is 14.7 Å². The maximum absolute atomic E-state index is 11.8. The molecule has 3 N–H and O–H groups in total. The lowest BCUT2D eigenvalue weighted by atomic mass is 10.2. The first-order valence-corrected chi connectivity index (χ1v) is 6.67. The van der Waals surface area contributed by atoms with Crippen LogP contribution >= 0.6 is 0 Å². The molecule has 1 aliphatic rings. The summed E-state index contributed by atoms with van der Waals surface area (Å²) in [7, 11) is 0. The monoisotopic (exact) mass is 281 g/mol. The van der Waals surface area contributed by atoms with Gasteiger partial charge >= 0.3 is 0 Å². The smallest absolute Gasteiger partial charge is 0.251 e. The van der Waals surface area contributed by atoms with Gasteiger partial charge in [-0.05, 0) is 13.0 Å². The van der Waals surface area contributed by atoms with E-state index in [0.29, 0.717) is 6.54 Å². The number of ether oxygens (including phenoxy) is 1. The summed E-state index contributed by atoms with van der Waals surface area (Å²) < 4.78 is 5.26. The van der Waals surface area contributed by atoms with Crippen molar-refractivity contribution in [3.05, 3.63) is 28.0 Å². The zero-order valence-corrected chi connectivity index (χ0v) is 11.2. The zero-order valence-electron chi connectivity index (χ0n) is 11.2. The number of aromatic amines is 1. The van der Waals surface area contributed by atoms with Crippen LogP contribution in [0.5, 0.6) is 5.88 Å². The van der Waals surface area contributed by atoms with Gasteiger partial charge in [0.05, 0.1) is 18.8 Å². The van der Waals surface area contributed by atoms with E-state index in [4.69, 9.17) is 4.74 Å². The standard InChI is InChI=1S/C13H19N3O4/c17-11-8-10(9-12(18)15-11)13(19)14-2-1-3-16-4-6-20-7-5-16/h8-9H,1-7H2,(H,14,19)(H2,15,17,18). The molecule has 20 heavy (non-hydrogen) atoms. The van der Waals surface area contributed by atoms with Crippen molar-refractivity contribution in [3.8, 4) is 5.88 Å². The minimum Gasteiger partial charge on any atom is -0.494 e. The molecule has 1 aromatic rings. The molecule has 1 saturated heterocycles. The van der Waals surface area contributed by atoms with E-state index in [0.717, 1.165) is 45.3 Å². The highest BCUT2D eigenvalue weighted by molar-refractivity contribution is 5.94. The number of hydrogen-bond acceptors (Lipinski definition) is 5. The molecule has 1 aromatic heterocycles. The van der Waals surface area contributed by atoms with Crippen molar-refractivity contribution < 1.29 is 14.6 Å². The van der Waals surface area contributed by atoms with Crippen molar-refractivity contribution in [1.82, 2.24) is 15.2 Å². The largest absolute Gasteiger partial charge is 0.494 e. The first-order chi connectivity index (χ1) is 9.65. The van der Waals surface area contributed by atoms with E-state index < -0.39 is 5.56 Å². The van der Waals surface area contributed by atoms with Gasteiger partial charge in [-0.1, -0.05) is 0 Å². The van der Waals surface area contributed by atoms with Crippen LogP contribution in [-0.4, -0.2) is 60.3 Å². The third-order valence-electron chi connectivity index (χ3n) is 3.13. The molecule has 0 aromatic carbocycles. The molecule has 7 nitrogen and oxygen atoms in total. The predicted molar refractivity (Wildman–Crippen MR) is 72.9 cm³/mol. The van der Waals surface area contributed by atoms with E-state index in [1.54, 1.807) is 0 Å². The number of carbonyl (C=O) groups is 1. The number of hydrogen-bond donors (Lipinski definition) is 3. The molecule has 0 unspecified atom stereocenters. The van der Waals surface area contributed by atoms with Gasteiger partial charge in [-0.15, -0.1) is 0 Å². The van der Waals surface area contributed by atoms with Gasteiger partial charge in [-0.3, -0.25) is 19.5 Å². The van der Waals surface area contributed by atoms with Gasteiger partial charge in [0, 0.05) is 31.8 Å². The van der Waals surface area contributed by atoms with Gasteiger partial charge < -0.3 is 15.2 Å². The van der Waals surface area contributed by atoms with Crippen molar-refractivity contribution >= 4 is 5.91 Å². The Morgan fingerprint density at radius 3 is 2.85 bits per heavy atom. The summed E-state index contributed by atoms with van der Waals surface area (Å²) in [5.74, 6) is -0.663. The SMILES string of the molecule is O=C(NCCCN1CCOCC1)c1cc(O)[nH]c(=O)c1. The van der Waals surface area contributed by atoms with Gasteiger partial charge in [0.2, 0.25) is 0 Å². The fraction of sp³-hybridized carbons (Fsp3) is 0.538. The predicted octanol–water partition coefficient (Wildman–Crippen LogP) is -0.467. The van der Waals surface area contributed by atoms with Crippen molar-refractivity contribution in [2.24, 2.45) is 0 Å². The zero-order chi connectivity index (χ0) is 14.4. The number of aromatic nitrogens is 1. The highest BCUT2D eigenvalue weighted by Gasteiger charge is 2.10. The lowest BCUT2D eigenvalue weighted by Crippen LogP contribution is -2.38. The van der Waals surface area contributed by atoms with Gasteiger partial charge in [-0.2, -0.15) is 0 Å². The third-order valence-corrected chi connectivity index (χ3v) is 3.13. The Hall–Kier alpha value is -1.86. The Bertz CT molecular complexity index is 509. The van der Waals surface area contributed by atoms with Crippen LogP contribution in [-0.2, 0) is 4.74 Å². The summed E-state index contributed by atoms with van der Waals surface area (Å²) in [6.07, 6.45) is 0.834. The molecule has 0 bridgehead atoms. The Morgan fingerprint density at radius 1 is 1.40 bits per heavy atom. The summed E-state index contributed by atoms with van der Waals surface area (Å²) >= 11 is 0. The van der Waals surface area contributed by atoms with E-state index in [1.165, 1.54) is 6.07 Å². The number of nitrogens with zero attached hydrogens (tertiary/aromatic N) is 1. The number of amides is 1. The average Bonchev–Trinajstić information content (AvgIpc) is 2.43. The van der Waals surface area contributed by atoms with Crippen LogP contribution in [0.15, 0.2) is 16.9 Å². The average molecular weight is 281 g/mol. The summed E-state index contributed by atoms with van der Waals surface area (Å²) in [6, 6.07) is 2.40. The second-order valence-electron chi connectivity index (χ2n) is 4.68. The minimum atomic E-state index is -0.497. The lowest BCUT2D eigenvalue weighted by molar-refractivity contribution is 0.0374. The molecule has 1 amide bonds. The molecule has 2 heterocycles. The second kappa shape index (κ2) is 7.06. The highest BCUT2D eigenvalue weighted by atomic mass is 16.5. The molecule has 2 rings (SSSR count). The third kappa shape index (κ3) is 4.36. The molecular formula is C13H19N3O4. The first-order valence-electron chi connectivity index (χ1n) is 6.67. The Kier molecular flexibility index (Phi) is 5.14. The molecule has 0 saturated carbocycles. The molecular weight excluding hydrogens is 262 g/mol. The number of H-pyrrole nitrogens is 1. The summed E-state index contributed by atoms with van der Waals surface area (Å²) in [5.41, 5.74) is -0.332. The Labute approximate surface area is 116 Å². The number of pyridine rings is 1. The number of morpholine rings is 1. The van der Waals surface area contributed by atoms with Crippen molar-refractivity contribution in [2.45, 2.75) is 6.42 Å². The number of rotatable bonds is 5. The quantitative estimate of drug-likeness (QED) is 0.634. The summed E-state index contributed by atoms with van der Waals surface area (Å²) in [5, 5.41) is 12.0. The lowest BCUT2D eigenvalue weighted by Gasteiger charge is -2.26. The fourth-order valence-corrected chi connectivity index (χ4v) is 2.09. The van der Waals surface area contributed by atoms with Gasteiger partial charge in [-0.25, -0.2) is 0 Å². The number of aromatic hydroxyl groups is 1. The van der Waals surface area contributed by atoms with Crippen LogP contribution in [0.25, 0.3) is 0 Å². The van der Waals surface area contributed by atoms with Crippen LogP contribution in [0.4, 0.5) is 0 Å². The van der Waals surface area contributed by atoms with Crippen LogP contribution in [0.2, 0.25) is 0 Å². The molecule has 7 heteroatoms. The van der Waals surface area contributed by atoms with Crippen LogP contribution < -0.4 is 10.9 Å². The summed E-state index contributed by atoms with van der Waals surface area (Å²) in [4.78, 5) is 27.4. The van der Waals surface area contributed by atoms with Crippen molar-refractivity contribution in [3.63, 3.8) is 0 Å². The normalized spacial score (nSPS) is 16.0. The maximum atomic E-state index is 11.8. The van der Waals surface area contributed by atoms with Crippen molar-refractivity contribution in [1.29, 1.82) is 0 Å². The van der Waals surface area contributed by atoms with Crippen molar-refractivity contribution in [2.75, 3.05) is 39.4 Å². The number of nitrogens with one attached hydrogen (secondary N) is 2. The Balaban J connectivity index is 1.73. The summed E-state index contributed by atoms with van der Waals surface area (Å²) in [6.45, 7) is 4.82. The van der Waals surface area contributed by atoms with E-state index in [-0.39, 0.29) is 17.4 Å². The molecule has 0 radical (unpaired) electrons. The number of carbonyl (C=O) groups excluding carboxylic acids is 1. The van der Waals surface area contributed by atoms with E-state index in [1.807, 2.05) is 0 Å². The second-order valence-corrected chi connectivity index (χ2v) is 4.68. The van der Waals surface area contributed by atoms with Gasteiger partial charge in [0.1, 0.15) is 0 Å². The fourth-order valence-electron chi connectivity index (χ4n) is 2.09. The maximum Gasteiger partial charge on any atom is 0.251 e. The minimum absolute atomic E-state index is 0.164. The molecule has 0 atom stereocenters. The molecule has 0 spiro atoms. The topological polar surface area (TPSA) is 94.7 Å². The molecule has 110 valence electrons. The van der Waals surface area contributed by atoms with Crippen LogP contribution in [0, 0.1) is 0 Å². The molecule has 1 aliphatic heterocycles. The molecule has 1 fully saturated rings. The van der Waals surface area contributed by atoms with E-state index in [2.05, 4.69) is 15.2 Å². The van der Waals surface area contributed by atoms with Crippen LogP contribution in [0.1, 0.15) is 16.8 Å². The molecule has 0 aliphatic carbocycles. The first kappa shape index (κ1) is 14.5. The van der Waals surface area contributed by atoms with E-state index >= 15 is 0 Å².